The highest BCUT2D eigenvalue weighted by molar-refractivity contribution is 5.37. The van der Waals surface area contributed by atoms with Crippen molar-refractivity contribution in [3.05, 3.63) is 42.0 Å². The summed E-state index contributed by atoms with van der Waals surface area (Å²) in [7, 11) is 0. The van der Waals surface area contributed by atoms with Gasteiger partial charge in [0.15, 0.2) is 5.75 Å². The number of benzene rings is 1. The predicted octanol–water partition coefficient (Wildman–Crippen LogP) is 3.29. The molecule has 0 amide bonds. The van der Waals surface area contributed by atoms with Crippen molar-refractivity contribution in [2.75, 3.05) is 0 Å². The molecule has 0 saturated carbocycles. The Morgan fingerprint density at radius 3 is 2.70 bits per heavy atom. The van der Waals surface area contributed by atoms with Crippen LogP contribution in [-0.4, -0.2) is 15.8 Å². The molecular weight excluding hydrogens is 257 g/mol. The van der Waals surface area contributed by atoms with Crippen molar-refractivity contribution in [3.8, 4) is 11.5 Å². The largest absolute Gasteiger partial charge is 0.454 e. The van der Waals surface area contributed by atoms with Gasteiger partial charge in [-0.2, -0.15) is 5.10 Å². The van der Waals surface area contributed by atoms with Crippen molar-refractivity contribution in [1.82, 2.24) is 9.78 Å². The zero-order valence-corrected chi connectivity index (χ0v) is 12.0. The van der Waals surface area contributed by atoms with Crippen LogP contribution in [0.2, 0.25) is 0 Å². The highest BCUT2D eigenvalue weighted by Gasteiger charge is 2.10. The van der Waals surface area contributed by atoms with Crippen molar-refractivity contribution in [1.29, 1.82) is 0 Å². The van der Waals surface area contributed by atoms with Gasteiger partial charge < -0.3 is 10.5 Å². The topological polar surface area (TPSA) is 53.1 Å². The fraction of sp³-hybridized carbons (Fsp3) is 0.400. The molecule has 2 rings (SSSR count). The number of nitrogens with two attached hydrogens (primary N) is 1. The van der Waals surface area contributed by atoms with Crippen molar-refractivity contribution in [2.45, 2.75) is 39.3 Å². The van der Waals surface area contributed by atoms with E-state index in [0.717, 1.165) is 5.56 Å². The van der Waals surface area contributed by atoms with E-state index < -0.39 is 0 Å². The Labute approximate surface area is 118 Å². The normalized spacial score (nSPS) is 12.7. The Morgan fingerprint density at radius 2 is 2.10 bits per heavy atom. The first-order valence-electron chi connectivity index (χ1n) is 6.71. The van der Waals surface area contributed by atoms with E-state index in [-0.39, 0.29) is 17.9 Å². The molecule has 0 aliphatic heterocycles. The molecule has 0 fully saturated rings. The van der Waals surface area contributed by atoms with Crippen LogP contribution in [-0.2, 0) is 6.42 Å². The van der Waals surface area contributed by atoms with E-state index in [0.29, 0.717) is 17.9 Å². The number of hydrogen-bond acceptors (Lipinski definition) is 3. The van der Waals surface area contributed by atoms with E-state index >= 15 is 0 Å². The van der Waals surface area contributed by atoms with Crippen LogP contribution in [0.15, 0.2) is 30.6 Å². The fourth-order valence-corrected chi connectivity index (χ4v) is 1.94. The van der Waals surface area contributed by atoms with Crippen LogP contribution < -0.4 is 10.5 Å². The van der Waals surface area contributed by atoms with Crippen LogP contribution in [0.1, 0.15) is 32.4 Å². The van der Waals surface area contributed by atoms with Gasteiger partial charge in [-0.3, -0.25) is 4.68 Å². The van der Waals surface area contributed by atoms with Gasteiger partial charge in [0, 0.05) is 12.1 Å². The van der Waals surface area contributed by atoms with E-state index in [1.807, 2.05) is 31.6 Å². The molecule has 20 heavy (non-hydrogen) atoms. The molecule has 0 aliphatic rings. The lowest BCUT2D eigenvalue weighted by Gasteiger charge is -2.12. The first-order chi connectivity index (χ1) is 9.45. The molecule has 1 unspecified atom stereocenters. The van der Waals surface area contributed by atoms with Gasteiger partial charge >= 0.3 is 0 Å². The molecule has 0 spiro atoms. The van der Waals surface area contributed by atoms with Gasteiger partial charge in [-0.1, -0.05) is 0 Å². The molecule has 1 aromatic carbocycles. The van der Waals surface area contributed by atoms with Crippen molar-refractivity contribution in [2.24, 2.45) is 5.73 Å². The van der Waals surface area contributed by atoms with E-state index in [1.54, 1.807) is 12.3 Å². The quantitative estimate of drug-likeness (QED) is 0.912. The number of halogens is 1. The van der Waals surface area contributed by atoms with Crippen LogP contribution in [0, 0.1) is 5.82 Å². The molecule has 0 bridgehead atoms. The van der Waals surface area contributed by atoms with Crippen LogP contribution in [0.5, 0.6) is 11.5 Å². The van der Waals surface area contributed by atoms with Gasteiger partial charge in [0.25, 0.3) is 0 Å². The van der Waals surface area contributed by atoms with Crippen LogP contribution >= 0.6 is 0 Å². The Bertz CT molecular complexity index is 578. The van der Waals surface area contributed by atoms with E-state index in [9.17, 15) is 4.39 Å². The van der Waals surface area contributed by atoms with Crippen molar-refractivity contribution < 1.29 is 9.13 Å². The molecule has 0 saturated heterocycles. The lowest BCUT2D eigenvalue weighted by molar-refractivity contribution is 0.467. The summed E-state index contributed by atoms with van der Waals surface area (Å²) in [6.07, 6.45) is 4.04. The molecular formula is C15H20FN3O. The number of hydrogen-bond donors (Lipinski definition) is 1. The third-order valence-corrected chi connectivity index (χ3v) is 2.90. The second-order valence-corrected chi connectivity index (χ2v) is 5.29. The average Bonchev–Trinajstić information content (AvgIpc) is 2.80. The minimum absolute atomic E-state index is 0.0578. The van der Waals surface area contributed by atoms with Crippen LogP contribution in [0.4, 0.5) is 4.39 Å². The highest BCUT2D eigenvalue weighted by atomic mass is 19.1. The second-order valence-electron chi connectivity index (χ2n) is 5.29. The Hall–Kier alpha value is -1.88. The third kappa shape index (κ3) is 3.57. The average molecular weight is 277 g/mol. The number of rotatable bonds is 5. The van der Waals surface area contributed by atoms with E-state index in [4.69, 9.17) is 10.5 Å². The summed E-state index contributed by atoms with van der Waals surface area (Å²) in [5.74, 6) is 0.967. The lowest BCUT2D eigenvalue weighted by Crippen LogP contribution is -2.18. The number of nitrogens with zero attached hydrogens (tertiary/aromatic N) is 2. The van der Waals surface area contributed by atoms with E-state index in [2.05, 4.69) is 5.10 Å². The maximum absolute atomic E-state index is 13.3. The molecule has 1 aromatic heterocycles. The van der Waals surface area contributed by atoms with Gasteiger partial charge in [-0.05, 0) is 51.0 Å². The van der Waals surface area contributed by atoms with Gasteiger partial charge in [0.05, 0.1) is 12.4 Å². The standard InChI is InChI=1S/C15H20FN3O/c1-10(2)19-9-14(8-18-19)20-15-5-4-13(16)7-12(15)6-11(3)17/h4-5,7-11H,6,17H2,1-3H3. The molecule has 108 valence electrons. The molecule has 4 nitrogen and oxygen atoms in total. The molecule has 1 heterocycles. The molecule has 5 heteroatoms. The summed E-state index contributed by atoms with van der Waals surface area (Å²) in [5.41, 5.74) is 6.55. The molecule has 0 aliphatic carbocycles. The number of ether oxygens (including phenoxy) is 1. The molecule has 2 aromatic rings. The van der Waals surface area contributed by atoms with Crippen molar-refractivity contribution >= 4 is 0 Å². The molecule has 0 radical (unpaired) electrons. The summed E-state index contributed by atoms with van der Waals surface area (Å²) in [6.45, 7) is 5.96. The van der Waals surface area contributed by atoms with Gasteiger partial charge in [0.2, 0.25) is 0 Å². The van der Waals surface area contributed by atoms with Crippen molar-refractivity contribution in [3.63, 3.8) is 0 Å². The summed E-state index contributed by atoms with van der Waals surface area (Å²) in [4.78, 5) is 0. The first-order valence-corrected chi connectivity index (χ1v) is 6.71. The number of aromatic nitrogens is 2. The van der Waals surface area contributed by atoms with Gasteiger partial charge in [-0.15, -0.1) is 0 Å². The lowest BCUT2D eigenvalue weighted by atomic mass is 10.1. The Kier molecular flexibility index (Phi) is 4.39. The zero-order valence-electron chi connectivity index (χ0n) is 12.0. The minimum Gasteiger partial charge on any atom is -0.454 e. The predicted molar refractivity (Wildman–Crippen MR) is 76.4 cm³/mol. The summed E-state index contributed by atoms with van der Waals surface area (Å²) < 4.78 is 20.9. The minimum atomic E-state index is -0.286. The summed E-state index contributed by atoms with van der Waals surface area (Å²) in [6, 6.07) is 4.68. The summed E-state index contributed by atoms with van der Waals surface area (Å²) in [5, 5.41) is 4.21. The summed E-state index contributed by atoms with van der Waals surface area (Å²) >= 11 is 0. The smallest absolute Gasteiger partial charge is 0.165 e. The van der Waals surface area contributed by atoms with E-state index in [1.165, 1.54) is 12.1 Å². The van der Waals surface area contributed by atoms with Crippen LogP contribution in [0.25, 0.3) is 0 Å². The SMILES string of the molecule is CC(N)Cc1cc(F)ccc1Oc1cnn(C(C)C)c1. The highest BCUT2D eigenvalue weighted by Crippen LogP contribution is 2.27. The fourth-order valence-electron chi connectivity index (χ4n) is 1.94. The second kappa shape index (κ2) is 6.05. The maximum Gasteiger partial charge on any atom is 0.165 e. The monoisotopic (exact) mass is 277 g/mol. The first kappa shape index (κ1) is 14.5. The Balaban J connectivity index is 2.23. The maximum atomic E-state index is 13.3. The Morgan fingerprint density at radius 1 is 1.35 bits per heavy atom. The van der Waals surface area contributed by atoms with Gasteiger partial charge in [-0.25, -0.2) is 4.39 Å². The molecule has 2 N–H and O–H groups in total. The zero-order chi connectivity index (χ0) is 14.7. The molecule has 1 atom stereocenters. The van der Waals surface area contributed by atoms with Gasteiger partial charge in [0.1, 0.15) is 11.6 Å². The third-order valence-electron chi connectivity index (χ3n) is 2.90. The van der Waals surface area contributed by atoms with Crippen LogP contribution in [0.3, 0.4) is 0 Å².